The van der Waals surface area contributed by atoms with Crippen molar-refractivity contribution in [3.05, 3.63) is 22.2 Å². The van der Waals surface area contributed by atoms with Crippen molar-refractivity contribution in [2.45, 2.75) is 18.9 Å². The lowest BCUT2D eigenvalue weighted by atomic mass is 10.0. The van der Waals surface area contributed by atoms with Gasteiger partial charge in [0.05, 0.1) is 30.0 Å². The molecule has 5 nitrogen and oxygen atoms in total. The Balaban J connectivity index is 1.92. The minimum absolute atomic E-state index is 0.0290. The number of oxime groups is 1. The zero-order valence-electron chi connectivity index (χ0n) is 10.3. The minimum Gasteiger partial charge on any atom is -0.489 e. The molecule has 2 heterocycles. The molecule has 1 N–H and O–H groups in total. The Hall–Kier alpha value is -1.27. The van der Waals surface area contributed by atoms with Gasteiger partial charge in [-0.05, 0) is 28.1 Å². The highest BCUT2D eigenvalue weighted by atomic mass is 79.9. The Morgan fingerprint density at radius 3 is 2.95 bits per heavy atom. The molecule has 19 heavy (non-hydrogen) atoms. The van der Waals surface area contributed by atoms with Crippen molar-refractivity contribution >= 4 is 21.6 Å². The molecule has 102 valence electrons. The molecular weight excluding hydrogens is 314 g/mol. The summed E-state index contributed by atoms with van der Waals surface area (Å²) in [6.45, 7) is 1.27. The summed E-state index contributed by atoms with van der Waals surface area (Å²) in [4.78, 5) is 5.13. The van der Waals surface area contributed by atoms with Gasteiger partial charge in [0.2, 0.25) is 0 Å². The number of hydrogen-bond acceptors (Lipinski definition) is 5. The second-order valence-corrected chi connectivity index (χ2v) is 5.34. The monoisotopic (exact) mass is 327 g/mol. The smallest absolute Gasteiger partial charge is 0.175 e. The molecule has 0 saturated carbocycles. The number of aliphatic hydroxyl groups excluding tert-OH is 1. The van der Waals surface area contributed by atoms with Crippen molar-refractivity contribution in [2.75, 3.05) is 19.8 Å². The van der Waals surface area contributed by atoms with E-state index in [0.717, 1.165) is 33.7 Å². The Morgan fingerprint density at radius 1 is 1.32 bits per heavy atom. The molecule has 2 aliphatic rings. The molecule has 0 aromatic heterocycles. The number of nitrogens with zero attached hydrogens (tertiary/aromatic N) is 1. The summed E-state index contributed by atoms with van der Waals surface area (Å²) in [6, 6.07) is 3.85. The number of halogens is 1. The summed E-state index contributed by atoms with van der Waals surface area (Å²) >= 11 is 3.50. The summed E-state index contributed by atoms with van der Waals surface area (Å²) < 4.78 is 12.2. The SMILES string of the molecule is OCC1CC(c2cc(Br)c3c(c2)OCCCO3)=NO1. The van der Waals surface area contributed by atoms with Crippen molar-refractivity contribution in [3.63, 3.8) is 0 Å². The maximum absolute atomic E-state index is 9.06. The first kappa shape index (κ1) is 12.7. The highest BCUT2D eigenvalue weighted by Gasteiger charge is 2.24. The van der Waals surface area contributed by atoms with Crippen LogP contribution in [0.3, 0.4) is 0 Å². The third kappa shape index (κ3) is 2.55. The first-order chi connectivity index (χ1) is 9.28. The fourth-order valence-corrected chi connectivity index (χ4v) is 2.65. The highest BCUT2D eigenvalue weighted by Crippen LogP contribution is 2.39. The number of ether oxygens (including phenoxy) is 2. The van der Waals surface area contributed by atoms with E-state index in [1.807, 2.05) is 12.1 Å². The number of benzene rings is 1. The van der Waals surface area contributed by atoms with Gasteiger partial charge in [-0.1, -0.05) is 5.16 Å². The van der Waals surface area contributed by atoms with E-state index in [0.29, 0.717) is 19.6 Å². The molecule has 0 saturated heterocycles. The molecule has 0 bridgehead atoms. The minimum atomic E-state index is -0.246. The number of aliphatic hydroxyl groups is 1. The fourth-order valence-electron chi connectivity index (χ4n) is 2.09. The van der Waals surface area contributed by atoms with Crippen LogP contribution in [0.25, 0.3) is 0 Å². The molecule has 0 spiro atoms. The van der Waals surface area contributed by atoms with Crippen molar-refractivity contribution in [3.8, 4) is 11.5 Å². The van der Waals surface area contributed by atoms with Crippen LogP contribution in [-0.4, -0.2) is 36.7 Å². The summed E-state index contributed by atoms with van der Waals surface area (Å²) in [6.07, 6.45) is 1.22. The molecule has 0 radical (unpaired) electrons. The lowest BCUT2D eigenvalue weighted by molar-refractivity contribution is 0.0390. The summed E-state index contributed by atoms with van der Waals surface area (Å²) in [7, 11) is 0. The van der Waals surface area contributed by atoms with Crippen LogP contribution < -0.4 is 9.47 Å². The van der Waals surface area contributed by atoms with Crippen LogP contribution in [0, 0.1) is 0 Å². The zero-order valence-corrected chi connectivity index (χ0v) is 11.9. The average molecular weight is 328 g/mol. The fraction of sp³-hybridized carbons (Fsp3) is 0.462. The highest BCUT2D eigenvalue weighted by molar-refractivity contribution is 9.10. The Labute approximate surface area is 119 Å². The van der Waals surface area contributed by atoms with E-state index in [2.05, 4.69) is 21.1 Å². The van der Waals surface area contributed by atoms with Gasteiger partial charge in [0, 0.05) is 18.4 Å². The van der Waals surface area contributed by atoms with Gasteiger partial charge in [-0.3, -0.25) is 0 Å². The largest absolute Gasteiger partial charge is 0.489 e. The number of rotatable bonds is 2. The van der Waals surface area contributed by atoms with Gasteiger partial charge in [-0.2, -0.15) is 0 Å². The molecule has 3 rings (SSSR count). The lowest BCUT2D eigenvalue weighted by Crippen LogP contribution is -2.12. The van der Waals surface area contributed by atoms with Gasteiger partial charge in [0.25, 0.3) is 0 Å². The normalized spacial score (nSPS) is 21.6. The van der Waals surface area contributed by atoms with Crippen LogP contribution >= 0.6 is 15.9 Å². The quantitative estimate of drug-likeness (QED) is 0.903. The van der Waals surface area contributed by atoms with E-state index in [1.165, 1.54) is 0 Å². The van der Waals surface area contributed by atoms with E-state index in [1.54, 1.807) is 0 Å². The molecule has 1 unspecified atom stereocenters. The van der Waals surface area contributed by atoms with Crippen LogP contribution in [0.15, 0.2) is 21.8 Å². The first-order valence-corrected chi connectivity index (χ1v) is 7.00. The van der Waals surface area contributed by atoms with Crippen LogP contribution in [0.5, 0.6) is 11.5 Å². The van der Waals surface area contributed by atoms with Crippen LogP contribution in [0.4, 0.5) is 0 Å². The Bertz CT molecular complexity index is 518. The molecule has 1 aromatic carbocycles. The van der Waals surface area contributed by atoms with Gasteiger partial charge in [0.1, 0.15) is 0 Å². The van der Waals surface area contributed by atoms with Crippen molar-refractivity contribution in [1.82, 2.24) is 0 Å². The van der Waals surface area contributed by atoms with Gasteiger partial charge in [-0.15, -0.1) is 0 Å². The van der Waals surface area contributed by atoms with E-state index >= 15 is 0 Å². The molecular formula is C13H14BrNO4. The molecule has 1 atom stereocenters. The van der Waals surface area contributed by atoms with E-state index in [-0.39, 0.29) is 12.7 Å². The van der Waals surface area contributed by atoms with Crippen molar-refractivity contribution in [1.29, 1.82) is 0 Å². The predicted molar refractivity (Wildman–Crippen MR) is 72.9 cm³/mol. The summed E-state index contributed by atoms with van der Waals surface area (Å²) in [5.74, 6) is 1.46. The molecule has 0 fully saturated rings. The van der Waals surface area contributed by atoms with E-state index in [9.17, 15) is 0 Å². The Kier molecular flexibility index (Phi) is 3.61. The average Bonchev–Trinajstić information content (AvgIpc) is 2.77. The molecule has 2 aliphatic heterocycles. The summed E-state index contributed by atoms with van der Waals surface area (Å²) in [5.41, 5.74) is 1.74. The Morgan fingerprint density at radius 2 is 2.16 bits per heavy atom. The van der Waals surface area contributed by atoms with Crippen molar-refractivity contribution < 1.29 is 19.4 Å². The topological polar surface area (TPSA) is 60.3 Å². The predicted octanol–water partition coefficient (Wildman–Crippen LogP) is 2.10. The maximum atomic E-state index is 9.06. The number of fused-ring (bicyclic) bond motifs is 1. The molecule has 0 amide bonds. The number of hydrogen-bond donors (Lipinski definition) is 1. The standard InChI is InChI=1S/C13H14BrNO4/c14-10-4-8(11-6-9(7-16)19-15-11)5-12-13(10)18-3-1-2-17-12/h4-5,9,16H,1-3,6-7H2. The lowest BCUT2D eigenvalue weighted by Gasteiger charge is -2.11. The van der Waals surface area contributed by atoms with Crippen LogP contribution in [-0.2, 0) is 4.84 Å². The second kappa shape index (κ2) is 5.38. The second-order valence-electron chi connectivity index (χ2n) is 4.49. The maximum Gasteiger partial charge on any atom is 0.175 e. The summed E-state index contributed by atoms with van der Waals surface area (Å²) in [5, 5.41) is 13.1. The third-order valence-electron chi connectivity index (χ3n) is 3.07. The first-order valence-electron chi connectivity index (χ1n) is 6.21. The molecule has 0 aliphatic carbocycles. The van der Waals surface area contributed by atoms with E-state index in [4.69, 9.17) is 19.4 Å². The van der Waals surface area contributed by atoms with Gasteiger partial charge in [-0.25, -0.2) is 0 Å². The zero-order chi connectivity index (χ0) is 13.2. The third-order valence-corrected chi connectivity index (χ3v) is 3.66. The van der Waals surface area contributed by atoms with E-state index < -0.39 is 0 Å². The molecule has 1 aromatic rings. The van der Waals surface area contributed by atoms with Crippen LogP contribution in [0.1, 0.15) is 18.4 Å². The van der Waals surface area contributed by atoms with Gasteiger partial charge in [0.15, 0.2) is 17.6 Å². The van der Waals surface area contributed by atoms with Gasteiger partial charge >= 0.3 is 0 Å². The van der Waals surface area contributed by atoms with Crippen LogP contribution in [0.2, 0.25) is 0 Å². The molecule has 6 heteroatoms. The van der Waals surface area contributed by atoms with Crippen molar-refractivity contribution in [2.24, 2.45) is 5.16 Å². The van der Waals surface area contributed by atoms with Gasteiger partial charge < -0.3 is 19.4 Å².